The predicted molar refractivity (Wildman–Crippen MR) is 88.8 cm³/mol. The number of furan rings is 1. The molecule has 1 aromatic rings. The predicted octanol–water partition coefficient (Wildman–Crippen LogP) is 2.62. The molecule has 4 fully saturated rings. The highest BCUT2D eigenvalue weighted by atomic mass is 16.3. The summed E-state index contributed by atoms with van der Waals surface area (Å²) in [6, 6.07) is 3.10. The number of hydrogen-bond donors (Lipinski definition) is 2. The Balaban J connectivity index is 1.34. The standard InChI is InChI=1S/C19H26N2O3/c1-12(17(22)20-11-16-3-2-4-24-16)21-18(23)19-8-13-5-14(9-19)7-15(6-13)10-19/h2-4,12-15H,5-11H2,1H3,(H,20,22)(H,21,23)/t12-,13?,14?,15?,19?/m0/s1. The van der Waals surface area contributed by atoms with Gasteiger partial charge in [-0.05, 0) is 75.3 Å². The summed E-state index contributed by atoms with van der Waals surface area (Å²) in [5.41, 5.74) is -0.204. The van der Waals surface area contributed by atoms with E-state index in [0.717, 1.165) is 37.0 Å². The first-order valence-electron chi connectivity index (χ1n) is 9.15. The quantitative estimate of drug-likeness (QED) is 0.872. The van der Waals surface area contributed by atoms with Crippen LogP contribution in [0.4, 0.5) is 0 Å². The van der Waals surface area contributed by atoms with Crippen molar-refractivity contribution in [1.82, 2.24) is 10.6 Å². The van der Waals surface area contributed by atoms with E-state index in [1.165, 1.54) is 19.3 Å². The third-order valence-electron chi connectivity index (χ3n) is 6.28. The van der Waals surface area contributed by atoms with Crippen LogP contribution < -0.4 is 10.6 Å². The van der Waals surface area contributed by atoms with Gasteiger partial charge in [0.15, 0.2) is 0 Å². The summed E-state index contributed by atoms with van der Waals surface area (Å²) in [6.45, 7) is 2.11. The van der Waals surface area contributed by atoms with Gasteiger partial charge in [-0.25, -0.2) is 0 Å². The molecular weight excluding hydrogens is 304 g/mol. The van der Waals surface area contributed by atoms with E-state index in [4.69, 9.17) is 4.42 Å². The fraction of sp³-hybridized carbons (Fsp3) is 0.684. The van der Waals surface area contributed by atoms with Gasteiger partial charge in [-0.3, -0.25) is 9.59 Å². The van der Waals surface area contributed by atoms with Gasteiger partial charge in [-0.1, -0.05) is 0 Å². The molecule has 1 heterocycles. The highest BCUT2D eigenvalue weighted by molar-refractivity contribution is 5.90. The van der Waals surface area contributed by atoms with Crippen LogP contribution in [0.25, 0.3) is 0 Å². The highest BCUT2D eigenvalue weighted by Gasteiger charge is 2.54. The minimum absolute atomic E-state index is 0.0993. The Hall–Kier alpha value is -1.78. The monoisotopic (exact) mass is 330 g/mol. The molecule has 0 spiro atoms. The summed E-state index contributed by atoms with van der Waals surface area (Å²) in [7, 11) is 0. The zero-order valence-electron chi connectivity index (χ0n) is 14.2. The molecule has 5 rings (SSSR count). The average molecular weight is 330 g/mol. The lowest BCUT2D eigenvalue weighted by Gasteiger charge is -2.55. The van der Waals surface area contributed by atoms with E-state index in [0.29, 0.717) is 12.3 Å². The fourth-order valence-corrected chi connectivity index (χ4v) is 5.54. The molecule has 2 amide bonds. The third kappa shape index (κ3) is 2.85. The van der Waals surface area contributed by atoms with Crippen molar-refractivity contribution in [3.63, 3.8) is 0 Å². The molecule has 4 aliphatic carbocycles. The molecule has 0 aliphatic heterocycles. The average Bonchev–Trinajstić information content (AvgIpc) is 3.04. The summed E-state index contributed by atoms with van der Waals surface area (Å²) >= 11 is 0. The van der Waals surface area contributed by atoms with Crippen LogP contribution in [0.15, 0.2) is 22.8 Å². The number of carbonyl (C=O) groups is 2. The van der Waals surface area contributed by atoms with Crippen LogP contribution in [-0.2, 0) is 16.1 Å². The summed E-state index contributed by atoms with van der Waals surface area (Å²) in [4.78, 5) is 25.2. The Morgan fingerprint density at radius 1 is 1.21 bits per heavy atom. The molecule has 130 valence electrons. The van der Waals surface area contributed by atoms with Crippen LogP contribution >= 0.6 is 0 Å². The molecule has 0 unspecified atom stereocenters. The minimum atomic E-state index is -0.513. The molecular formula is C19H26N2O3. The molecule has 0 aromatic carbocycles. The summed E-state index contributed by atoms with van der Waals surface area (Å²) in [6.07, 6.45) is 8.57. The molecule has 5 heteroatoms. The van der Waals surface area contributed by atoms with Gasteiger partial charge in [-0.15, -0.1) is 0 Å². The number of amides is 2. The van der Waals surface area contributed by atoms with E-state index in [-0.39, 0.29) is 17.2 Å². The smallest absolute Gasteiger partial charge is 0.242 e. The Morgan fingerprint density at radius 3 is 2.38 bits per heavy atom. The Labute approximate surface area is 142 Å². The molecule has 4 aliphatic rings. The first kappa shape index (κ1) is 15.7. The van der Waals surface area contributed by atoms with E-state index in [9.17, 15) is 9.59 Å². The van der Waals surface area contributed by atoms with Crippen LogP contribution in [0, 0.1) is 23.2 Å². The Kier molecular flexibility index (Phi) is 3.89. The van der Waals surface area contributed by atoms with Crippen molar-refractivity contribution in [3.05, 3.63) is 24.2 Å². The minimum Gasteiger partial charge on any atom is -0.467 e. The molecule has 0 saturated heterocycles. The number of rotatable bonds is 5. The maximum Gasteiger partial charge on any atom is 0.242 e. The van der Waals surface area contributed by atoms with E-state index in [1.54, 1.807) is 19.3 Å². The van der Waals surface area contributed by atoms with E-state index < -0.39 is 6.04 Å². The van der Waals surface area contributed by atoms with E-state index in [2.05, 4.69) is 10.6 Å². The van der Waals surface area contributed by atoms with Crippen molar-refractivity contribution in [2.24, 2.45) is 23.2 Å². The number of hydrogen-bond acceptors (Lipinski definition) is 3. The molecule has 24 heavy (non-hydrogen) atoms. The first-order valence-corrected chi connectivity index (χ1v) is 9.15. The van der Waals surface area contributed by atoms with Gasteiger partial charge in [-0.2, -0.15) is 0 Å². The van der Waals surface area contributed by atoms with Gasteiger partial charge < -0.3 is 15.1 Å². The van der Waals surface area contributed by atoms with Gasteiger partial charge in [0.25, 0.3) is 0 Å². The maximum absolute atomic E-state index is 12.9. The van der Waals surface area contributed by atoms with Crippen LogP contribution in [-0.4, -0.2) is 17.9 Å². The van der Waals surface area contributed by atoms with Crippen molar-refractivity contribution in [3.8, 4) is 0 Å². The molecule has 2 N–H and O–H groups in total. The summed E-state index contributed by atoms with van der Waals surface area (Å²) in [5, 5.41) is 5.80. The van der Waals surface area contributed by atoms with Gasteiger partial charge in [0, 0.05) is 5.41 Å². The van der Waals surface area contributed by atoms with Crippen molar-refractivity contribution >= 4 is 11.8 Å². The molecule has 1 atom stereocenters. The zero-order valence-corrected chi connectivity index (χ0v) is 14.2. The summed E-state index contributed by atoms with van der Waals surface area (Å²) in [5.74, 6) is 2.83. The van der Waals surface area contributed by atoms with Crippen LogP contribution in [0.3, 0.4) is 0 Å². The van der Waals surface area contributed by atoms with Crippen LogP contribution in [0.2, 0.25) is 0 Å². The maximum atomic E-state index is 12.9. The van der Waals surface area contributed by atoms with Gasteiger partial charge >= 0.3 is 0 Å². The van der Waals surface area contributed by atoms with Crippen molar-refractivity contribution in [1.29, 1.82) is 0 Å². The Morgan fingerprint density at radius 2 is 1.83 bits per heavy atom. The summed E-state index contributed by atoms with van der Waals surface area (Å²) < 4.78 is 5.21. The van der Waals surface area contributed by atoms with Gasteiger partial charge in [0.1, 0.15) is 11.8 Å². The molecule has 5 nitrogen and oxygen atoms in total. The second-order valence-corrected chi connectivity index (χ2v) is 8.19. The lowest BCUT2D eigenvalue weighted by Crippen LogP contribution is -2.56. The van der Waals surface area contributed by atoms with Gasteiger partial charge in [0.05, 0.1) is 12.8 Å². The van der Waals surface area contributed by atoms with Crippen LogP contribution in [0.5, 0.6) is 0 Å². The second kappa shape index (κ2) is 5.94. The fourth-order valence-electron chi connectivity index (χ4n) is 5.54. The molecule has 4 bridgehead atoms. The van der Waals surface area contributed by atoms with E-state index in [1.807, 2.05) is 6.07 Å². The molecule has 4 saturated carbocycles. The number of carbonyl (C=O) groups excluding carboxylic acids is 2. The first-order chi connectivity index (χ1) is 11.5. The second-order valence-electron chi connectivity index (χ2n) is 8.19. The van der Waals surface area contributed by atoms with Crippen LogP contribution in [0.1, 0.15) is 51.2 Å². The topological polar surface area (TPSA) is 71.3 Å². The number of nitrogens with one attached hydrogen (secondary N) is 2. The normalized spacial score (nSPS) is 34.8. The molecule has 0 radical (unpaired) electrons. The zero-order chi connectivity index (χ0) is 16.7. The Bertz CT molecular complexity index is 587. The largest absolute Gasteiger partial charge is 0.467 e. The molecule has 1 aromatic heterocycles. The van der Waals surface area contributed by atoms with Gasteiger partial charge in [0.2, 0.25) is 11.8 Å². The SMILES string of the molecule is C[C@H](NC(=O)C12CC3CC(CC(C3)C1)C2)C(=O)NCc1ccco1. The van der Waals surface area contributed by atoms with Crippen molar-refractivity contribution in [2.45, 2.75) is 58.0 Å². The lowest BCUT2D eigenvalue weighted by atomic mass is 9.49. The third-order valence-corrected chi connectivity index (χ3v) is 6.28. The van der Waals surface area contributed by atoms with Crippen molar-refractivity contribution in [2.75, 3.05) is 0 Å². The lowest BCUT2D eigenvalue weighted by molar-refractivity contribution is -0.148. The van der Waals surface area contributed by atoms with Crippen molar-refractivity contribution < 1.29 is 14.0 Å². The van der Waals surface area contributed by atoms with E-state index >= 15 is 0 Å². The highest BCUT2D eigenvalue weighted by Crippen LogP contribution is 2.60.